The van der Waals surface area contributed by atoms with Gasteiger partial charge in [-0.15, -0.1) is 24.0 Å². The molecule has 1 aliphatic rings. The summed E-state index contributed by atoms with van der Waals surface area (Å²) in [4.78, 5) is 4.32. The minimum atomic E-state index is 0. The van der Waals surface area contributed by atoms with Crippen molar-refractivity contribution in [3.8, 4) is 0 Å². The third kappa shape index (κ3) is 6.12. The van der Waals surface area contributed by atoms with Crippen molar-refractivity contribution in [2.45, 2.75) is 45.4 Å². The standard InChI is InChI=1S/C17H27N3O.HI/c1-2-3-12-21-13-11-19-17(18)20-16-10-6-8-14-7-4-5-9-15(14)16;/h6,8,10H,2-5,7,9,11-13H2,1H3,(H3,18,19,20);1H. The number of nitrogens with zero attached hydrogens (tertiary/aromatic N) is 1. The van der Waals surface area contributed by atoms with Gasteiger partial charge in [-0.25, -0.2) is 0 Å². The van der Waals surface area contributed by atoms with Crippen LogP contribution in [0.2, 0.25) is 0 Å². The summed E-state index contributed by atoms with van der Waals surface area (Å²) in [5, 5.41) is 3.24. The molecule has 0 heterocycles. The number of guanidine groups is 1. The highest BCUT2D eigenvalue weighted by atomic mass is 127. The molecule has 2 rings (SSSR count). The minimum absolute atomic E-state index is 0. The SMILES string of the molecule is CCCCOCCN=C(N)Nc1cccc2c1CCCC2.I. The molecule has 0 saturated carbocycles. The molecular formula is C17H28IN3O. The predicted molar refractivity (Wildman–Crippen MR) is 104 cm³/mol. The molecule has 124 valence electrons. The van der Waals surface area contributed by atoms with E-state index in [0.29, 0.717) is 19.1 Å². The lowest BCUT2D eigenvalue weighted by molar-refractivity contribution is 0.139. The Hall–Kier alpha value is -0.820. The van der Waals surface area contributed by atoms with Crippen molar-refractivity contribution < 1.29 is 4.74 Å². The topological polar surface area (TPSA) is 59.6 Å². The summed E-state index contributed by atoms with van der Waals surface area (Å²) in [5.41, 5.74) is 9.92. The quantitative estimate of drug-likeness (QED) is 0.308. The largest absolute Gasteiger partial charge is 0.380 e. The Balaban J connectivity index is 0.00000242. The molecule has 0 unspecified atom stereocenters. The van der Waals surface area contributed by atoms with Crippen molar-refractivity contribution in [2.24, 2.45) is 10.7 Å². The molecule has 0 aliphatic heterocycles. The van der Waals surface area contributed by atoms with Crippen molar-refractivity contribution in [2.75, 3.05) is 25.1 Å². The molecule has 1 aromatic carbocycles. The van der Waals surface area contributed by atoms with E-state index in [1.165, 1.54) is 30.4 Å². The van der Waals surface area contributed by atoms with Crippen molar-refractivity contribution >= 4 is 35.6 Å². The van der Waals surface area contributed by atoms with Gasteiger partial charge in [0.2, 0.25) is 0 Å². The molecule has 4 nitrogen and oxygen atoms in total. The fraction of sp³-hybridized carbons (Fsp3) is 0.588. The molecular weight excluding hydrogens is 389 g/mol. The maximum absolute atomic E-state index is 5.96. The van der Waals surface area contributed by atoms with Gasteiger partial charge in [0.1, 0.15) is 0 Å². The lowest BCUT2D eigenvalue weighted by atomic mass is 9.90. The number of hydrogen-bond donors (Lipinski definition) is 2. The predicted octanol–water partition coefficient (Wildman–Crippen LogP) is 3.73. The van der Waals surface area contributed by atoms with Crippen LogP contribution in [0, 0.1) is 0 Å². The van der Waals surface area contributed by atoms with E-state index in [9.17, 15) is 0 Å². The van der Waals surface area contributed by atoms with Gasteiger partial charge in [0, 0.05) is 12.3 Å². The third-order valence-corrected chi connectivity index (χ3v) is 3.82. The third-order valence-electron chi connectivity index (χ3n) is 3.82. The van der Waals surface area contributed by atoms with Crippen LogP contribution in [-0.2, 0) is 17.6 Å². The van der Waals surface area contributed by atoms with Crippen LogP contribution in [0.1, 0.15) is 43.7 Å². The molecule has 0 aromatic heterocycles. The summed E-state index contributed by atoms with van der Waals surface area (Å²) < 4.78 is 5.47. The molecule has 0 atom stereocenters. The molecule has 0 spiro atoms. The number of aliphatic imine (C=N–C) groups is 1. The van der Waals surface area contributed by atoms with E-state index in [1.807, 2.05) is 0 Å². The molecule has 1 aliphatic carbocycles. The Bertz CT molecular complexity index is 477. The van der Waals surface area contributed by atoms with Crippen LogP contribution >= 0.6 is 24.0 Å². The van der Waals surface area contributed by atoms with Gasteiger partial charge in [-0.3, -0.25) is 4.99 Å². The smallest absolute Gasteiger partial charge is 0.193 e. The molecule has 22 heavy (non-hydrogen) atoms. The van der Waals surface area contributed by atoms with Gasteiger partial charge in [-0.1, -0.05) is 25.5 Å². The van der Waals surface area contributed by atoms with Gasteiger partial charge < -0.3 is 15.8 Å². The molecule has 0 radical (unpaired) electrons. The van der Waals surface area contributed by atoms with Crippen molar-refractivity contribution in [3.05, 3.63) is 29.3 Å². The van der Waals surface area contributed by atoms with Crippen LogP contribution < -0.4 is 11.1 Å². The van der Waals surface area contributed by atoms with Crippen molar-refractivity contribution in [1.29, 1.82) is 0 Å². The summed E-state index contributed by atoms with van der Waals surface area (Å²) >= 11 is 0. The highest BCUT2D eigenvalue weighted by Gasteiger charge is 2.12. The Labute approximate surface area is 150 Å². The zero-order valence-electron chi connectivity index (χ0n) is 13.4. The Morgan fingerprint density at radius 3 is 2.91 bits per heavy atom. The van der Waals surface area contributed by atoms with Gasteiger partial charge in [0.15, 0.2) is 5.96 Å². The van der Waals surface area contributed by atoms with E-state index in [0.717, 1.165) is 31.6 Å². The normalized spacial score (nSPS) is 14.1. The number of nitrogens with two attached hydrogens (primary N) is 1. The molecule has 5 heteroatoms. The van der Waals surface area contributed by atoms with Gasteiger partial charge >= 0.3 is 0 Å². The second-order valence-electron chi connectivity index (χ2n) is 5.51. The van der Waals surface area contributed by atoms with Gasteiger partial charge in [-0.2, -0.15) is 0 Å². The van der Waals surface area contributed by atoms with Crippen LogP contribution in [-0.4, -0.2) is 25.7 Å². The molecule has 0 bridgehead atoms. The molecule has 0 amide bonds. The van der Waals surface area contributed by atoms with Crippen LogP contribution in [0.25, 0.3) is 0 Å². The maximum Gasteiger partial charge on any atom is 0.193 e. The van der Waals surface area contributed by atoms with E-state index in [-0.39, 0.29) is 24.0 Å². The van der Waals surface area contributed by atoms with E-state index in [4.69, 9.17) is 10.5 Å². The highest BCUT2D eigenvalue weighted by molar-refractivity contribution is 14.0. The Kier molecular flexibility index (Phi) is 9.47. The first-order chi connectivity index (χ1) is 10.3. The second-order valence-corrected chi connectivity index (χ2v) is 5.51. The monoisotopic (exact) mass is 417 g/mol. The van der Waals surface area contributed by atoms with Crippen LogP contribution in [0.3, 0.4) is 0 Å². The van der Waals surface area contributed by atoms with Gasteiger partial charge in [-0.05, 0) is 49.3 Å². The number of halogens is 1. The molecule has 1 aromatic rings. The number of hydrogen-bond acceptors (Lipinski definition) is 2. The first-order valence-electron chi connectivity index (χ1n) is 8.06. The number of benzene rings is 1. The average molecular weight is 417 g/mol. The number of fused-ring (bicyclic) bond motifs is 1. The number of unbranched alkanes of at least 4 members (excludes halogenated alkanes) is 1. The number of nitrogens with one attached hydrogen (secondary N) is 1. The van der Waals surface area contributed by atoms with Crippen molar-refractivity contribution in [3.63, 3.8) is 0 Å². The minimum Gasteiger partial charge on any atom is -0.380 e. The number of anilines is 1. The summed E-state index contributed by atoms with van der Waals surface area (Å²) in [6, 6.07) is 6.40. The molecule has 3 N–H and O–H groups in total. The first-order valence-corrected chi connectivity index (χ1v) is 8.06. The van der Waals surface area contributed by atoms with Crippen LogP contribution in [0.4, 0.5) is 5.69 Å². The van der Waals surface area contributed by atoms with E-state index in [1.54, 1.807) is 0 Å². The van der Waals surface area contributed by atoms with E-state index >= 15 is 0 Å². The number of rotatable bonds is 7. The Morgan fingerprint density at radius 2 is 2.09 bits per heavy atom. The summed E-state index contributed by atoms with van der Waals surface area (Å²) in [5.74, 6) is 0.480. The summed E-state index contributed by atoms with van der Waals surface area (Å²) in [7, 11) is 0. The van der Waals surface area contributed by atoms with Crippen LogP contribution in [0.5, 0.6) is 0 Å². The summed E-state index contributed by atoms with van der Waals surface area (Å²) in [6.07, 6.45) is 7.11. The number of ether oxygens (including phenoxy) is 1. The fourth-order valence-corrected chi connectivity index (χ4v) is 2.66. The highest BCUT2D eigenvalue weighted by Crippen LogP contribution is 2.27. The zero-order valence-corrected chi connectivity index (χ0v) is 15.8. The van der Waals surface area contributed by atoms with Crippen LogP contribution in [0.15, 0.2) is 23.2 Å². The van der Waals surface area contributed by atoms with Gasteiger partial charge in [0.25, 0.3) is 0 Å². The Morgan fingerprint density at radius 1 is 1.27 bits per heavy atom. The van der Waals surface area contributed by atoms with Gasteiger partial charge in [0.05, 0.1) is 13.2 Å². The maximum atomic E-state index is 5.96. The van der Waals surface area contributed by atoms with Crippen molar-refractivity contribution in [1.82, 2.24) is 0 Å². The molecule has 0 saturated heterocycles. The second kappa shape index (κ2) is 10.8. The van der Waals surface area contributed by atoms with E-state index < -0.39 is 0 Å². The van der Waals surface area contributed by atoms with E-state index in [2.05, 4.69) is 35.4 Å². The first kappa shape index (κ1) is 19.2. The average Bonchev–Trinajstić information content (AvgIpc) is 2.51. The molecule has 0 fully saturated rings. The number of aryl methyl sites for hydroxylation is 1. The zero-order chi connectivity index (χ0) is 14.9. The summed E-state index contributed by atoms with van der Waals surface area (Å²) in [6.45, 7) is 4.21. The fourth-order valence-electron chi connectivity index (χ4n) is 2.66. The lowest BCUT2D eigenvalue weighted by Gasteiger charge is -2.19. The lowest BCUT2D eigenvalue weighted by Crippen LogP contribution is -2.24.